The number of hydrogen-bond acceptors (Lipinski definition) is 7. The Balaban J connectivity index is 1.31. The first kappa shape index (κ1) is 16.5. The van der Waals surface area contributed by atoms with Crippen LogP contribution in [0.15, 0.2) is 36.4 Å². The first-order valence-corrected chi connectivity index (χ1v) is 8.89. The van der Waals surface area contributed by atoms with Crippen LogP contribution in [0.2, 0.25) is 0 Å². The zero-order valence-corrected chi connectivity index (χ0v) is 14.8. The van der Waals surface area contributed by atoms with Crippen LogP contribution >= 0.6 is 0 Å². The number of methoxy groups -OCH3 is 1. The largest absolute Gasteiger partial charge is 0.504 e. The Hall–Kier alpha value is -2.64. The molecule has 0 radical (unpaired) electrons. The van der Waals surface area contributed by atoms with Gasteiger partial charge in [0.1, 0.15) is 5.75 Å². The van der Waals surface area contributed by atoms with E-state index in [1.54, 1.807) is 18.2 Å². The van der Waals surface area contributed by atoms with Crippen molar-refractivity contribution in [1.82, 2.24) is 0 Å². The third-order valence-electron chi connectivity index (χ3n) is 5.34. The van der Waals surface area contributed by atoms with Crippen molar-refractivity contribution in [3.8, 4) is 28.7 Å². The number of phenolic OH excluding ortho intramolecular Hbond substituents is 1. The van der Waals surface area contributed by atoms with Crippen molar-refractivity contribution in [2.75, 3.05) is 27.1 Å². The quantitative estimate of drug-likeness (QED) is 0.884. The van der Waals surface area contributed by atoms with E-state index in [1.807, 2.05) is 18.2 Å². The van der Waals surface area contributed by atoms with Gasteiger partial charge in [-0.25, -0.2) is 0 Å². The molecule has 142 valence electrons. The molecule has 27 heavy (non-hydrogen) atoms. The number of fused-ring (bicyclic) bond motifs is 2. The van der Waals surface area contributed by atoms with Crippen LogP contribution in [0.5, 0.6) is 28.7 Å². The highest BCUT2D eigenvalue weighted by molar-refractivity contribution is 5.46. The molecule has 0 amide bonds. The summed E-state index contributed by atoms with van der Waals surface area (Å²) >= 11 is 0. The van der Waals surface area contributed by atoms with Gasteiger partial charge >= 0.3 is 0 Å². The maximum absolute atomic E-state index is 9.72. The van der Waals surface area contributed by atoms with Crippen molar-refractivity contribution in [3.05, 3.63) is 42.0 Å². The summed E-state index contributed by atoms with van der Waals surface area (Å²) in [6, 6.07) is 10.8. The highest BCUT2D eigenvalue weighted by atomic mass is 16.7. The summed E-state index contributed by atoms with van der Waals surface area (Å²) in [5.41, 5.74) is 1.06. The average Bonchev–Trinajstić information content (AvgIpc) is 3.39. The maximum atomic E-state index is 9.72. The number of benzene rings is 2. The Bertz CT molecular complexity index is 852. The molecular formula is C20H20O7. The molecule has 0 spiro atoms. The van der Waals surface area contributed by atoms with Gasteiger partial charge in [0.25, 0.3) is 0 Å². The van der Waals surface area contributed by atoms with Crippen LogP contribution in [-0.4, -0.2) is 38.5 Å². The lowest BCUT2D eigenvalue weighted by Crippen LogP contribution is -2.26. The van der Waals surface area contributed by atoms with Crippen LogP contribution in [0, 0.1) is 11.8 Å². The van der Waals surface area contributed by atoms with Crippen LogP contribution in [0.4, 0.5) is 0 Å². The van der Waals surface area contributed by atoms with Crippen LogP contribution in [0.1, 0.15) is 11.7 Å². The molecule has 2 fully saturated rings. The number of hydrogen-bond donors (Lipinski definition) is 1. The van der Waals surface area contributed by atoms with Crippen molar-refractivity contribution in [3.63, 3.8) is 0 Å². The first-order valence-electron chi connectivity index (χ1n) is 8.89. The monoisotopic (exact) mass is 372 g/mol. The molecule has 0 aromatic heterocycles. The first-order chi connectivity index (χ1) is 13.2. The lowest BCUT2D eigenvalue weighted by atomic mass is 9.89. The van der Waals surface area contributed by atoms with Crippen LogP contribution in [-0.2, 0) is 9.47 Å². The van der Waals surface area contributed by atoms with Gasteiger partial charge < -0.3 is 33.5 Å². The molecule has 0 bridgehead atoms. The van der Waals surface area contributed by atoms with Gasteiger partial charge in [0.15, 0.2) is 23.0 Å². The molecule has 2 unspecified atom stereocenters. The molecule has 3 aliphatic heterocycles. The summed E-state index contributed by atoms with van der Waals surface area (Å²) in [5, 5.41) is 9.72. The summed E-state index contributed by atoms with van der Waals surface area (Å²) < 4.78 is 34.0. The topological polar surface area (TPSA) is 75.6 Å². The second kappa shape index (κ2) is 6.51. The lowest BCUT2D eigenvalue weighted by molar-refractivity contribution is -0.0788. The van der Waals surface area contributed by atoms with Gasteiger partial charge in [-0.15, -0.1) is 0 Å². The summed E-state index contributed by atoms with van der Waals surface area (Å²) in [7, 11) is 1.50. The fourth-order valence-electron chi connectivity index (χ4n) is 3.93. The zero-order chi connectivity index (χ0) is 18.4. The third kappa shape index (κ3) is 2.83. The van der Waals surface area contributed by atoms with Gasteiger partial charge in [0, 0.05) is 12.0 Å². The molecule has 0 aliphatic carbocycles. The van der Waals surface area contributed by atoms with E-state index < -0.39 is 6.29 Å². The molecule has 3 aliphatic rings. The van der Waals surface area contributed by atoms with E-state index in [-0.39, 0.29) is 30.5 Å². The normalized spacial score (nSPS) is 28.2. The fourth-order valence-corrected chi connectivity index (χ4v) is 3.93. The van der Waals surface area contributed by atoms with Crippen molar-refractivity contribution < 1.29 is 33.5 Å². The lowest BCUT2D eigenvalue weighted by Gasteiger charge is -2.18. The Kier molecular flexibility index (Phi) is 3.98. The molecule has 2 aromatic rings. The van der Waals surface area contributed by atoms with E-state index >= 15 is 0 Å². The number of ether oxygens (including phenoxy) is 6. The molecular weight excluding hydrogens is 352 g/mol. The van der Waals surface area contributed by atoms with Gasteiger partial charge in [-0.05, 0) is 29.8 Å². The predicted octanol–water partition coefficient (Wildman–Crippen LogP) is 2.87. The van der Waals surface area contributed by atoms with E-state index in [1.165, 1.54) is 7.11 Å². The van der Waals surface area contributed by atoms with E-state index in [2.05, 4.69) is 0 Å². The van der Waals surface area contributed by atoms with E-state index in [4.69, 9.17) is 28.4 Å². The summed E-state index contributed by atoms with van der Waals surface area (Å²) in [6.45, 7) is 1.37. The minimum atomic E-state index is -0.400. The summed E-state index contributed by atoms with van der Waals surface area (Å²) in [5.74, 6) is 2.86. The summed E-state index contributed by atoms with van der Waals surface area (Å²) in [4.78, 5) is 0. The van der Waals surface area contributed by atoms with Crippen molar-refractivity contribution in [1.29, 1.82) is 0 Å². The maximum Gasteiger partial charge on any atom is 0.231 e. The van der Waals surface area contributed by atoms with Gasteiger partial charge in [-0.1, -0.05) is 6.07 Å². The molecule has 2 saturated heterocycles. The molecule has 2 aromatic carbocycles. The molecule has 1 N–H and O–H groups in total. The van der Waals surface area contributed by atoms with Crippen molar-refractivity contribution in [2.24, 2.45) is 11.8 Å². The Labute approximate surface area is 156 Å². The van der Waals surface area contributed by atoms with Crippen molar-refractivity contribution in [2.45, 2.75) is 12.4 Å². The van der Waals surface area contributed by atoms with Crippen LogP contribution < -0.4 is 18.9 Å². The Morgan fingerprint density at radius 2 is 1.81 bits per heavy atom. The molecule has 4 atom stereocenters. The average molecular weight is 372 g/mol. The minimum absolute atomic E-state index is 0.0625. The van der Waals surface area contributed by atoms with Crippen LogP contribution in [0.25, 0.3) is 0 Å². The van der Waals surface area contributed by atoms with E-state index in [9.17, 15) is 5.11 Å². The van der Waals surface area contributed by atoms with Gasteiger partial charge in [-0.2, -0.15) is 0 Å². The van der Waals surface area contributed by atoms with Gasteiger partial charge in [0.05, 0.1) is 32.3 Å². The van der Waals surface area contributed by atoms with Gasteiger partial charge in [-0.3, -0.25) is 0 Å². The molecule has 7 nitrogen and oxygen atoms in total. The molecule has 5 rings (SSSR count). The minimum Gasteiger partial charge on any atom is -0.504 e. The summed E-state index contributed by atoms with van der Waals surface area (Å²) in [6.07, 6.45) is -0.462. The number of aromatic hydroxyl groups is 1. The van der Waals surface area contributed by atoms with Gasteiger partial charge in [0.2, 0.25) is 13.1 Å². The third-order valence-corrected chi connectivity index (χ3v) is 5.34. The smallest absolute Gasteiger partial charge is 0.231 e. The number of phenols is 1. The Morgan fingerprint density at radius 3 is 2.70 bits per heavy atom. The highest BCUT2D eigenvalue weighted by Crippen LogP contribution is 2.47. The van der Waals surface area contributed by atoms with E-state index in [0.717, 1.165) is 17.1 Å². The zero-order valence-electron chi connectivity index (χ0n) is 14.8. The number of rotatable bonds is 4. The highest BCUT2D eigenvalue weighted by Gasteiger charge is 2.49. The SMILES string of the molecule is COc1cc(OC2OC[C@H]3C(c4ccc5c(c4)OCO5)OC[C@@H]23)ccc1O. The second-order valence-corrected chi connectivity index (χ2v) is 6.85. The van der Waals surface area contributed by atoms with Crippen molar-refractivity contribution >= 4 is 0 Å². The fraction of sp³-hybridized carbons (Fsp3) is 0.400. The standard InChI is InChI=1S/C20H20O7/c1-22-17-7-12(3-4-15(17)21)27-20-14-9-23-19(13(14)8-24-20)11-2-5-16-18(6-11)26-10-25-16/h2-7,13-14,19-21H,8-10H2,1H3/t13-,14-,19?,20?/m1/s1. The predicted molar refractivity (Wildman–Crippen MR) is 93.3 cm³/mol. The molecule has 7 heteroatoms. The molecule has 3 heterocycles. The van der Waals surface area contributed by atoms with E-state index in [0.29, 0.717) is 24.7 Å². The Morgan fingerprint density at radius 1 is 0.963 bits per heavy atom. The second-order valence-electron chi connectivity index (χ2n) is 6.85. The molecule has 0 saturated carbocycles. The van der Waals surface area contributed by atoms with Crippen LogP contribution in [0.3, 0.4) is 0 Å².